The molecule has 2 heterocycles. The maximum atomic E-state index is 11.9. The smallest absolute Gasteiger partial charge is 0.310 e. The second kappa shape index (κ2) is 11.3. The molecule has 26 heavy (non-hydrogen) atoms. The zero-order valence-electron chi connectivity index (χ0n) is 17.0. The van der Waals surface area contributed by atoms with Crippen molar-refractivity contribution in [3.63, 3.8) is 0 Å². The third-order valence-electron chi connectivity index (χ3n) is 5.70. The van der Waals surface area contributed by atoms with Gasteiger partial charge in [-0.15, -0.1) is 24.0 Å². The lowest BCUT2D eigenvalue weighted by molar-refractivity contribution is -0.145. The van der Waals surface area contributed by atoms with Crippen LogP contribution in [0.4, 0.5) is 0 Å². The Morgan fingerprint density at radius 1 is 1.27 bits per heavy atom. The number of nitrogens with zero attached hydrogens (tertiary/aromatic N) is 3. The number of nitrogens with one attached hydrogen (secondary N) is 1. The Morgan fingerprint density at radius 3 is 2.50 bits per heavy atom. The van der Waals surface area contributed by atoms with Gasteiger partial charge in [-0.1, -0.05) is 13.8 Å². The van der Waals surface area contributed by atoms with Gasteiger partial charge in [0.2, 0.25) is 0 Å². The van der Waals surface area contributed by atoms with Gasteiger partial charge >= 0.3 is 5.97 Å². The number of piperidine rings is 1. The molecule has 0 amide bonds. The van der Waals surface area contributed by atoms with E-state index in [1.807, 2.05) is 0 Å². The first-order chi connectivity index (χ1) is 12.0. The predicted molar refractivity (Wildman–Crippen MR) is 117 cm³/mol. The van der Waals surface area contributed by atoms with Gasteiger partial charge in [-0.25, -0.2) is 0 Å². The lowest BCUT2D eigenvalue weighted by Crippen LogP contribution is -2.43. The lowest BCUT2D eigenvalue weighted by atomic mass is 9.98. The Morgan fingerprint density at radius 2 is 1.92 bits per heavy atom. The molecule has 0 spiro atoms. The lowest BCUT2D eigenvalue weighted by Gasteiger charge is -2.34. The Bertz CT molecular complexity index is 466. The van der Waals surface area contributed by atoms with E-state index >= 15 is 0 Å². The van der Waals surface area contributed by atoms with Crippen molar-refractivity contribution in [2.24, 2.45) is 22.7 Å². The van der Waals surface area contributed by atoms with Gasteiger partial charge in [-0.05, 0) is 51.6 Å². The van der Waals surface area contributed by atoms with Crippen LogP contribution in [0.25, 0.3) is 0 Å². The first-order valence-electron chi connectivity index (χ1n) is 9.81. The first kappa shape index (κ1) is 23.5. The quantitative estimate of drug-likeness (QED) is 0.284. The fourth-order valence-corrected chi connectivity index (χ4v) is 3.83. The molecular formula is C19H37IN4O2. The van der Waals surface area contributed by atoms with E-state index < -0.39 is 0 Å². The Labute approximate surface area is 176 Å². The van der Waals surface area contributed by atoms with Gasteiger partial charge in [0.05, 0.1) is 19.6 Å². The van der Waals surface area contributed by atoms with E-state index in [1.54, 1.807) is 0 Å². The van der Waals surface area contributed by atoms with Crippen LogP contribution in [0.5, 0.6) is 0 Å². The molecule has 3 unspecified atom stereocenters. The van der Waals surface area contributed by atoms with Crippen molar-refractivity contribution in [2.45, 2.75) is 46.6 Å². The van der Waals surface area contributed by atoms with Gasteiger partial charge in [0.25, 0.3) is 0 Å². The Balaban J connectivity index is 0.00000338. The highest BCUT2D eigenvalue weighted by atomic mass is 127. The van der Waals surface area contributed by atoms with Gasteiger partial charge in [0, 0.05) is 25.7 Å². The summed E-state index contributed by atoms with van der Waals surface area (Å²) in [4.78, 5) is 21.6. The van der Waals surface area contributed by atoms with E-state index in [1.165, 1.54) is 33.0 Å². The van der Waals surface area contributed by atoms with Gasteiger partial charge in [-0.2, -0.15) is 0 Å². The summed E-state index contributed by atoms with van der Waals surface area (Å²) >= 11 is 0. The molecule has 7 heteroatoms. The van der Waals surface area contributed by atoms with Crippen molar-refractivity contribution in [3.05, 3.63) is 0 Å². The van der Waals surface area contributed by atoms with E-state index in [0.717, 1.165) is 31.5 Å². The number of halogens is 1. The fraction of sp³-hybridized carbons (Fsp3) is 0.895. The second-order valence-electron chi connectivity index (χ2n) is 7.77. The molecule has 0 bridgehead atoms. The van der Waals surface area contributed by atoms with Crippen molar-refractivity contribution < 1.29 is 9.53 Å². The highest BCUT2D eigenvalue weighted by Crippen LogP contribution is 2.24. The zero-order valence-corrected chi connectivity index (χ0v) is 19.4. The normalized spacial score (nSPS) is 26.3. The van der Waals surface area contributed by atoms with Crippen molar-refractivity contribution >= 4 is 35.9 Å². The van der Waals surface area contributed by atoms with E-state index in [2.05, 4.69) is 42.8 Å². The molecular weight excluding hydrogens is 443 g/mol. The zero-order chi connectivity index (χ0) is 18.4. The molecule has 0 radical (unpaired) electrons. The summed E-state index contributed by atoms with van der Waals surface area (Å²) in [6, 6.07) is 0.456. The predicted octanol–water partition coefficient (Wildman–Crippen LogP) is 2.43. The summed E-state index contributed by atoms with van der Waals surface area (Å²) in [5.41, 5.74) is 0. The third kappa shape index (κ3) is 6.25. The summed E-state index contributed by atoms with van der Waals surface area (Å²) < 4.78 is 4.95. The number of likely N-dealkylation sites (tertiary alicyclic amines) is 2. The minimum atomic E-state index is -0.110. The summed E-state index contributed by atoms with van der Waals surface area (Å²) in [6.45, 7) is 14.3. The summed E-state index contributed by atoms with van der Waals surface area (Å²) in [5, 5.41) is 3.39. The molecule has 0 aromatic heterocycles. The second-order valence-corrected chi connectivity index (χ2v) is 7.77. The van der Waals surface area contributed by atoms with Crippen LogP contribution in [0, 0.1) is 17.8 Å². The van der Waals surface area contributed by atoms with Crippen LogP contribution in [0.1, 0.15) is 40.5 Å². The van der Waals surface area contributed by atoms with Gasteiger partial charge in [0.1, 0.15) is 0 Å². The number of guanidine groups is 1. The summed E-state index contributed by atoms with van der Waals surface area (Å²) in [7, 11) is 1.47. The van der Waals surface area contributed by atoms with Crippen LogP contribution in [0.15, 0.2) is 4.99 Å². The SMILES string of the molecule is CCNC(=NCC(C)N1CCC(C)CC1)N1CC(C)C(C(=O)OC)C1.I. The monoisotopic (exact) mass is 480 g/mol. The molecule has 0 aromatic carbocycles. The fourth-order valence-electron chi connectivity index (χ4n) is 3.83. The molecule has 0 aromatic rings. The number of hydrogen-bond acceptors (Lipinski definition) is 4. The number of hydrogen-bond donors (Lipinski definition) is 1. The molecule has 2 aliphatic rings. The number of ether oxygens (including phenoxy) is 1. The van der Waals surface area contributed by atoms with Crippen molar-refractivity contribution in [3.8, 4) is 0 Å². The third-order valence-corrected chi connectivity index (χ3v) is 5.70. The molecule has 2 rings (SSSR count). The van der Waals surface area contributed by atoms with Crippen molar-refractivity contribution in [1.29, 1.82) is 0 Å². The number of carbonyl (C=O) groups is 1. The maximum absolute atomic E-state index is 11.9. The highest BCUT2D eigenvalue weighted by molar-refractivity contribution is 14.0. The van der Waals surface area contributed by atoms with Crippen LogP contribution in [0.2, 0.25) is 0 Å². The average molecular weight is 480 g/mol. The minimum Gasteiger partial charge on any atom is -0.469 e. The molecule has 6 nitrogen and oxygen atoms in total. The van der Waals surface area contributed by atoms with E-state index in [0.29, 0.717) is 12.6 Å². The molecule has 152 valence electrons. The highest BCUT2D eigenvalue weighted by Gasteiger charge is 2.37. The van der Waals surface area contributed by atoms with Gasteiger partial charge in [-0.3, -0.25) is 14.7 Å². The van der Waals surface area contributed by atoms with Crippen LogP contribution in [-0.4, -0.2) is 74.1 Å². The summed E-state index contributed by atoms with van der Waals surface area (Å²) in [5.74, 6) is 1.90. The molecule has 0 saturated carbocycles. The van der Waals surface area contributed by atoms with Gasteiger partial charge in [0.15, 0.2) is 5.96 Å². The molecule has 0 aliphatic carbocycles. The van der Waals surface area contributed by atoms with Gasteiger partial charge < -0.3 is 15.0 Å². The first-order valence-corrected chi connectivity index (χ1v) is 9.81. The van der Waals surface area contributed by atoms with Crippen molar-refractivity contribution in [1.82, 2.24) is 15.1 Å². The number of esters is 1. The molecule has 2 aliphatic heterocycles. The van der Waals surface area contributed by atoms with E-state index in [-0.39, 0.29) is 41.8 Å². The topological polar surface area (TPSA) is 57.2 Å². The number of methoxy groups -OCH3 is 1. The Hall–Kier alpha value is -0.570. The number of aliphatic imine (C=N–C) groups is 1. The van der Waals surface area contributed by atoms with E-state index in [9.17, 15) is 4.79 Å². The van der Waals surface area contributed by atoms with Crippen LogP contribution in [0.3, 0.4) is 0 Å². The average Bonchev–Trinajstić information content (AvgIpc) is 2.99. The molecule has 3 atom stereocenters. The summed E-state index contributed by atoms with van der Waals surface area (Å²) in [6.07, 6.45) is 2.58. The standard InChI is InChI=1S/C19H36N4O2.HI/c1-6-20-19(23-12-15(3)17(13-23)18(24)25-5)21-11-16(4)22-9-7-14(2)8-10-22;/h14-17H,6-13H2,1-5H3,(H,20,21);1H. The molecule has 2 fully saturated rings. The van der Waals surface area contributed by atoms with Crippen LogP contribution >= 0.6 is 24.0 Å². The van der Waals surface area contributed by atoms with Crippen LogP contribution in [-0.2, 0) is 9.53 Å². The largest absolute Gasteiger partial charge is 0.469 e. The Kier molecular flexibility index (Phi) is 10.2. The van der Waals surface area contributed by atoms with Crippen LogP contribution < -0.4 is 5.32 Å². The number of rotatable bonds is 5. The molecule has 1 N–H and O–H groups in total. The molecule has 2 saturated heterocycles. The van der Waals surface area contributed by atoms with Crippen molar-refractivity contribution in [2.75, 3.05) is 46.4 Å². The van der Waals surface area contributed by atoms with E-state index in [4.69, 9.17) is 9.73 Å². The maximum Gasteiger partial charge on any atom is 0.310 e. The number of carbonyl (C=O) groups excluding carboxylic acids is 1. The minimum absolute atomic E-state index is 0.